The van der Waals surface area contributed by atoms with Crippen molar-refractivity contribution < 1.29 is 18.3 Å². The van der Waals surface area contributed by atoms with Gasteiger partial charge in [0, 0.05) is 17.9 Å². The van der Waals surface area contributed by atoms with Gasteiger partial charge in [0.05, 0.1) is 22.5 Å². The van der Waals surface area contributed by atoms with Crippen LogP contribution in [0.5, 0.6) is 5.75 Å². The summed E-state index contributed by atoms with van der Waals surface area (Å²) in [5.41, 5.74) is 2.21. The number of fused-ring (bicyclic) bond motifs is 2. The van der Waals surface area contributed by atoms with Crippen LogP contribution >= 0.6 is 11.3 Å². The zero-order valence-electron chi connectivity index (χ0n) is 16.8. The Balaban J connectivity index is 1.64. The second-order valence-electron chi connectivity index (χ2n) is 7.29. The lowest BCUT2D eigenvalue weighted by Gasteiger charge is -2.24. The van der Waals surface area contributed by atoms with Crippen LogP contribution in [0.3, 0.4) is 0 Å². The van der Waals surface area contributed by atoms with Crippen LogP contribution in [0.1, 0.15) is 36.1 Å². The molecule has 4 aromatic rings. The SMILES string of the molecule is CCOc1ccc2nc(-n3nc(C)c4c3NC(=O)C[C@H]4c3cc(F)ccc3F)sc2c1. The molecule has 0 bridgehead atoms. The number of nitrogens with zero attached hydrogens (tertiary/aromatic N) is 3. The maximum absolute atomic E-state index is 14.5. The number of amides is 1. The Hall–Kier alpha value is -3.33. The maximum Gasteiger partial charge on any atom is 0.226 e. The van der Waals surface area contributed by atoms with Crippen LogP contribution in [0.2, 0.25) is 0 Å². The summed E-state index contributed by atoms with van der Waals surface area (Å²) in [5, 5.41) is 7.99. The molecule has 1 amide bonds. The van der Waals surface area contributed by atoms with Gasteiger partial charge in [0.25, 0.3) is 0 Å². The van der Waals surface area contributed by atoms with Gasteiger partial charge in [-0.05, 0) is 55.8 Å². The molecule has 9 heteroatoms. The third-order valence-corrected chi connectivity index (χ3v) is 6.27. The zero-order valence-corrected chi connectivity index (χ0v) is 17.6. The molecule has 0 fully saturated rings. The monoisotopic (exact) mass is 440 g/mol. The highest BCUT2D eigenvalue weighted by molar-refractivity contribution is 7.20. The Morgan fingerprint density at radius 3 is 2.90 bits per heavy atom. The van der Waals surface area contributed by atoms with Crippen LogP contribution < -0.4 is 10.1 Å². The Labute approximate surface area is 180 Å². The molecule has 2 aromatic carbocycles. The van der Waals surface area contributed by atoms with Crippen molar-refractivity contribution in [3.8, 4) is 10.9 Å². The third kappa shape index (κ3) is 3.34. The Kier molecular flexibility index (Phi) is 4.70. The van der Waals surface area contributed by atoms with Crippen LogP contribution in [-0.2, 0) is 4.79 Å². The standard InChI is InChI=1S/C22H18F2N4O2S/c1-3-30-13-5-7-17-18(9-13)31-22(25-17)28-21-20(11(2)27-28)15(10-19(29)26-21)14-8-12(23)4-6-16(14)24/h4-9,15H,3,10H2,1-2H3,(H,26,29)/t15-/m0/s1. The van der Waals surface area contributed by atoms with Gasteiger partial charge >= 0.3 is 0 Å². The number of aromatic nitrogens is 3. The Morgan fingerprint density at radius 2 is 2.10 bits per heavy atom. The van der Waals surface area contributed by atoms with E-state index in [9.17, 15) is 13.6 Å². The minimum absolute atomic E-state index is 0.0114. The van der Waals surface area contributed by atoms with E-state index in [1.165, 1.54) is 11.3 Å². The average molecular weight is 440 g/mol. The molecule has 6 nitrogen and oxygen atoms in total. The van der Waals surface area contributed by atoms with Gasteiger partial charge in [0.1, 0.15) is 23.2 Å². The first kappa shape index (κ1) is 19.6. The van der Waals surface area contributed by atoms with Gasteiger partial charge in [-0.3, -0.25) is 4.79 Å². The van der Waals surface area contributed by atoms with Gasteiger partial charge in [-0.2, -0.15) is 9.78 Å². The van der Waals surface area contributed by atoms with Crippen molar-refractivity contribution in [1.29, 1.82) is 0 Å². The molecule has 158 valence electrons. The molecule has 2 aromatic heterocycles. The van der Waals surface area contributed by atoms with Crippen molar-refractivity contribution in [3.63, 3.8) is 0 Å². The predicted octanol–water partition coefficient (Wildman–Crippen LogP) is 4.94. The van der Waals surface area contributed by atoms with E-state index < -0.39 is 17.6 Å². The molecule has 1 aliphatic heterocycles. The number of hydrogen-bond acceptors (Lipinski definition) is 5. The topological polar surface area (TPSA) is 69.0 Å². The van der Waals surface area contributed by atoms with E-state index >= 15 is 0 Å². The largest absolute Gasteiger partial charge is 0.494 e. The number of carbonyl (C=O) groups excluding carboxylic acids is 1. The molecule has 31 heavy (non-hydrogen) atoms. The van der Waals surface area contributed by atoms with E-state index in [0.29, 0.717) is 28.8 Å². The van der Waals surface area contributed by atoms with E-state index in [1.807, 2.05) is 25.1 Å². The van der Waals surface area contributed by atoms with Crippen molar-refractivity contribution in [2.24, 2.45) is 0 Å². The van der Waals surface area contributed by atoms with Gasteiger partial charge in [-0.15, -0.1) is 0 Å². The molecule has 0 aliphatic carbocycles. The highest BCUT2D eigenvalue weighted by Crippen LogP contribution is 2.42. The molecule has 1 aliphatic rings. The minimum Gasteiger partial charge on any atom is -0.494 e. The van der Waals surface area contributed by atoms with Gasteiger partial charge in [0.15, 0.2) is 0 Å². The van der Waals surface area contributed by atoms with Crippen molar-refractivity contribution in [2.75, 3.05) is 11.9 Å². The molecule has 1 atom stereocenters. The molecule has 0 saturated carbocycles. The molecule has 0 saturated heterocycles. The second-order valence-corrected chi connectivity index (χ2v) is 8.30. The summed E-state index contributed by atoms with van der Waals surface area (Å²) in [4.78, 5) is 17.1. The fourth-order valence-electron chi connectivity index (χ4n) is 3.97. The lowest BCUT2D eigenvalue weighted by Crippen LogP contribution is -2.25. The summed E-state index contributed by atoms with van der Waals surface area (Å²) < 4.78 is 36.4. The Morgan fingerprint density at radius 1 is 1.26 bits per heavy atom. The average Bonchev–Trinajstić information content (AvgIpc) is 3.30. The van der Waals surface area contributed by atoms with Crippen LogP contribution in [0.15, 0.2) is 36.4 Å². The number of benzene rings is 2. The van der Waals surface area contributed by atoms with E-state index in [4.69, 9.17) is 4.74 Å². The van der Waals surface area contributed by atoms with Crippen molar-refractivity contribution >= 4 is 33.3 Å². The highest BCUT2D eigenvalue weighted by atomic mass is 32.1. The summed E-state index contributed by atoms with van der Waals surface area (Å²) in [6, 6.07) is 8.92. The number of anilines is 1. The number of carbonyl (C=O) groups is 1. The van der Waals surface area contributed by atoms with Crippen molar-refractivity contribution in [2.45, 2.75) is 26.2 Å². The van der Waals surface area contributed by atoms with Crippen molar-refractivity contribution in [3.05, 3.63) is 64.9 Å². The first-order valence-corrected chi connectivity index (χ1v) is 10.6. The predicted molar refractivity (Wildman–Crippen MR) is 114 cm³/mol. The van der Waals surface area contributed by atoms with Crippen LogP contribution in [0.4, 0.5) is 14.6 Å². The van der Waals surface area contributed by atoms with Crippen LogP contribution in [0.25, 0.3) is 15.3 Å². The first-order valence-electron chi connectivity index (χ1n) is 9.82. The van der Waals surface area contributed by atoms with Gasteiger partial charge in [0.2, 0.25) is 11.0 Å². The van der Waals surface area contributed by atoms with E-state index in [1.54, 1.807) is 11.6 Å². The van der Waals surface area contributed by atoms with E-state index in [-0.39, 0.29) is 17.9 Å². The number of aryl methyl sites for hydroxylation is 1. The summed E-state index contributed by atoms with van der Waals surface area (Å²) in [6.07, 6.45) is 0.0114. The van der Waals surface area contributed by atoms with E-state index in [2.05, 4.69) is 15.4 Å². The molecule has 0 unspecified atom stereocenters. The summed E-state index contributed by atoms with van der Waals surface area (Å²) in [6.45, 7) is 4.27. The smallest absolute Gasteiger partial charge is 0.226 e. The van der Waals surface area contributed by atoms with Gasteiger partial charge in [-0.25, -0.2) is 13.8 Å². The fourth-order valence-corrected chi connectivity index (χ4v) is 4.93. The quantitative estimate of drug-likeness (QED) is 0.488. The second kappa shape index (κ2) is 7.42. The van der Waals surface area contributed by atoms with Gasteiger partial charge < -0.3 is 10.1 Å². The summed E-state index contributed by atoms with van der Waals surface area (Å²) in [5.74, 6) is -0.840. The third-order valence-electron chi connectivity index (χ3n) is 5.28. The van der Waals surface area contributed by atoms with Crippen LogP contribution in [0, 0.1) is 18.6 Å². The summed E-state index contributed by atoms with van der Waals surface area (Å²) in [7, 11) is 0. The normalized spacial score (nSPS) is 15.7. The lowest BCUT2D eigenvalue weighted by atomic mass is 9.85. The zero-order chi connectivity index (χ0) is 21.7. The first-order chi connectivity index (χ1) is 14.9. The molecule has 0 radical (unpaired) electrons. The summed E-state index contributed by atoms with van der Waals surface area (Å²) >= 11 is 1.40. The maximum atomic E-state index is 14.5. The lowest BCUT2D eigenvalue weighted by molar-refractivity contribution is -0.116. The molecular formula is C22H18F2N4O2S. The Bertz CT molecular complexity index is 1330. The number of hydrogen-bond donors (Lipinski definition) is 1. The van der Waals surface area contributed by atoms with Crippen LogP contribution in [-0.4, -0.2) is 27.3 Å². The number of ether oxygens (including phenoxy) is 1. The fraction of sp³-hybridized carbons (Fsp3) is 0.227. The highest BCUT2D eigenvalue weighted by Gasteiger charge is 2.34. The molecule has 0 spiro atoms. The molecule has 5 rings (SSSR count). The van der Waals surface area contributed by atoms with Gasteiger partial charge in [-0.1, -0.05) is 11.3 Å². The molecule has 1 N–H and O–H groups in total. The molecular weight excluding hydrogens is 422 g/mol. The minimum atomic E-state index is -0.632. The van der Waals surface area contributed by atoms with Crippen molar-refractivity contribution in [1.82, 2.24) is 14.8 Å². The number of rotatable bonds is 4. The number of nitrogens with one attached hydrogen (secondary N) is 1. The number of halogens is 2. The van der Waals surface area contributed by atoms with E-state index in [0.717, 1.165) is 34.2 Å². The number of thiazole rings is 1. The molecule has 3 heterocycles.